The molecule has 1 fully saturated rings. The number of hydrogen-bond donors (Lipinski definition) is 2. The summed E-state index contributed by atoms with van der Waals surface area (Å²) in [5, 5.41) is 3.48. The molecule has 0 spiro atoms. The number of nitrogens with one attached hydrogen (secondary N) is 1. The van der Waals surface area contributed by atoms with Crippen molar-refractivity contribution in [2.75, 3.05) is 38.5 Å². The van der Waals surface area contributed by atoms with Gasteiger partial charge in [-0.25, -0.2) is 9.18 Å². The molecule has 1 atom stereocenters. The largest absolute Gasteiger partial charge is 0.453 e. The van der Waals surface area contributed by atoms with E-state index in [0.29, 0.717) is 24.5 Å². The molecule has 2 aliphatic rings. The zero-order valence-electron chi connectivity index (χ0n) is 29.0. The summed E-state index contributed by atoms with van der Waals surface area (Å²) in [6.07, 6.45) is 7.73. The minimum Gasteiger partial charge on any atom is -0.453 e. The number of ketones is 1. The van der Waals surface area contributed by atoms with Gasteiger partial charge in [0.2, 0.25) is 0 Å². The smallest absolute Gasteiger partial charge is 0.410 e. The lowest BCUT2D eigenvalue weighted by Crippen LogP contribution is -2.50. The number of benzene rings is 2. The van der Waals surface area contributed by atoms with E-state index in [9.17, 15) is 14.0 Å². The number of ether oxygens (including phenoxy) is 2. The number of nitrogens with two attached hydrogens (primary N) is 1. The molecule has 49 heavy (non-hydrogen) atoms. The highest BCUT2D eigenvalue weighted by molar-refractivity contribution is 7.19. The molecule has 260 valence electrons. The number of amides is 1. The van der Waals surface area contributed by atoms with Crippen molar-refractivity contribution in [3.05, 3.63) is 107 Å². The molecule has 1 saturated heterocycles. The number of thiophene rings is 1. The van der Waals surface area contributed by atoms with E-state index in [1.54, 1.807) is 41.5 Å². The van der Waals surface area contributed by atoms with Crippen LogP contribution in [0.3, 0.4) is 0 Å². The predicted molar refractivity (Wildman–Crippen MR) is 196 cm³/mol. The highest BCUT2D eigenvalue weighted by Gasteiger charge is 2.26. The van der Waals surface area contributed by atoms with Crippen LogP contribution >= 0.6 is 11.3 Å². The fourth-order valence-corrected chi connectivity index (χ4v) is 6.13. The molecule has 1 unspecified atom stereocenters. The van der Waals surface area contributed by atoms with Crippen molar-refractivity contribution in [1.29, 1.82) is 0 Å². The Kier molecular flexibility index (Phi) is 12.9. The number of piperazine rings is 1. The van der Waals surface area contributed by atoms with Crippen molar-refractivity contribution in [3.8, 4) is 11.5 Å². The second kappa shape index (κ2) is 17.1. The van der Waals surface area contributed by atoms with E-state index in [0.717, 1.165) is 40.3 Å². The van der Waals surface area contributed by atoms with Gasteiger partial charge in [-0.1, -0.05) is 56.3 Å². The number of fused-ring (bicyclic) bond motifs is 1. The van der Waals surface area contributed by atoms with Crippen LogP contribution in [0.15, 0.2) is 90.8 Å². The Morgan fingerprint density at radius 1 is 1.02 bits per heavy atom. The van der Waals surface area contributed by atoms with Gasteiger partial charge >= 0.3 is 6.09 Å². The van der Waals surface area contributed by atoms with E-state index in [1.807, 2.05) is 77.2 Å². The molecule has 4 aromatic rings. The third-order valence-corrected chi connectivity index (χ3v) is 8.66. The van der Waals surface area contributed by atoms with Crippen LogP contribution in [0.25, 0.3) is 10.2 Å². The Morgan fingerprint density at radius 2 is 1.73 bits per heavy atom. The number of rotatable bonds is 6. The fourth-order valence-electron chi connectivity index (χ4n) is 5.03. The van der Waals surface area contributed by atoms with Crippen LogP contribution in [-0.4, -0.2) is 65.0 Å². The van der Waals surface area contributed by atoms with Crippen molar-refractivity contribution in [3.63, 3.8) is 0 Å². The van der Waals surface area contributed by atoms with E-state index >= 15 is 0 Å². The van der Waals surface area contributed by atoms with Gasteiger partial charge in [-0.2, -0.15) is 0 Å². The average molecular weight is 688 g/mol. The predicted octanol–water partition coefficient (Wildman–Crippen LogP) is 8.36. The quantitative estimate of drug-likeness (QED) is 0.154. The normalized spacial score (nSPS) is 15.9. The molecule has 0 radical (unpaired) electrons. The number of Topliss-reactive ketones (excluding diaryl/α,β-unsaturated/α-hetero) is 1. The Balaban J connectivity index is 0.000000423. The van der Waals surface area contributed by atoms with Gasteiger partial charge in [-0.15, -0.1) is 11.3 Å². The first-order chi connectivity index (χ1) is 23.4. The molecule has 1 amide bonds. The third kappa shape index (κ3) is 10.6. The van der Waals surface area contributed by atoms with Crippen molar-refractivity contribution < 1.29 is 23.5 Å². The second-order valence-corrected chi connectivity index (χ2v) is 13.4. The van der Waals surface area contributed by atoms with E-state index in [2.05, 4.69) is 27.4 Å². The molecule has 2 aromatic carbocycles. The maximum atomic E-state index is 14.3. The van der Waals surface area contributed by atoms with Crippen LogP contribution in [0, 0.1) is 5.82 Å². The number of hydrogen-bond acceptors (Lipinski definition) is 9. The second-order valence-electron chi connectivity index (χ2n) is 12.4. The number of carbonyl (C=O) groups is 2. The number of carbonyl (C=O) groups excluding carboxylic acids is 2. The molecule has 2 aromatic heterocycles. The minimum atomic E-state index is -0.507. The topological polar surface area (TPSA) is 110 Å². The van der Waals surface area contributed by atoms with E-state index in [4.69, 9.17) is 15.2 Å². The number of aromatic nitrogens is 1. The molecular formula is C38H46FN5O4S. The summed E-state index contributed by atoms with van der Waals surface area (Å²) >= 11 is 1.56. The summed E-state index contributed by atoms with van der Waals surface area (Å²) < 4.78 is 26.5. The molecule has 11 heteroatoms. The van der Waals surface area contributed by atoms with Gasteiger partial charge in [0.25, 0.3) is 0 Å². The van der Waals surface area contributed by atoms with Crippen LogP contribution < -0.4 is 15.8 Å². The molecule has 4 heterocycles. The maximum absolute atomic E-state index is 14.3. The van der Waals surface area contributed by atoms with Crippen LogP contribution in [-0.2, 0) is 4.74 Å². The summed E-state index contributed by atoms with van der Waals surface area (Å²) in [5.41, 5.74) is 8.26. The number of dihydropyridines is 1. The number of nitrogens with zero attached hydrogens (tertiary/aromatic N) is 3. The van der Waals surface area contributed by atoms with Crippen molar-refractivity contribution in [2.45, 2.75) is 53.2 Å². The molecule has 0 aliphatic carbocycles. The summed E-state index contributed by atoms with van der Waals surface area (Å²) in [6, 6.07) is 17.4. The van der Waals surface area contributed by atoms with Gasteiger partial charge in [0.15, 0.2) is 17.3 Å². The van der Waals surface area contributed by atoms with Gasteiger partial charge < -0.3 is 25.4 Å². The molecule has 0 saturated carbocycles. The number of anilines is 1. The Hall–Kier alpha value is -4.74. The average Bonchev–Trinajstić information content (AvgIpc) is 3.53. The number of halogens is 1. The molecule has 0 bridgehead atoms. The number of nitrogen functional groups attached to an aromatic ring is 1. The van der Waals surface area contributed by atoms with E-state index in [1.165, 1.54) is 17.7 Å². The van der Waals surface area contributed by atoms with Crippen LogP contribution in [0.1, 0.15) is 62.8 Å². The van der Waals surface area contributed by atoms with E-state index < -0.39 is 11.4 Å². The zero-order chi connectivity index (χ0) is 35.6. The summed E-state index contributed by atoms with van der Waals surface area (Å²) in [5.74, 6) is 0.288. The van der Waals surface area contributed by atoms with Crippen LogP contribution in [0.5, 0.6) is 11.5 Å². The van der Waals surface area contributed by atoms with Gasteiger partial charge in [-0.05, 0) is 51.5 Å². The third-order valence-electron chi connectivity index (χ3n) is 7.44. The van der Waals surface area contributed by atoms with Gasteiger partial charge in [0, 0.05) is 73.4 Å². The van der Waals surface area contributed by atoms with Gasteiger partial charge in [0.05, 0.1) is 16.3 Å². The Labute approximate surface area is 292 Å². The van der Waals surface area contributed by atoms with Crippen molar-refractivity contribution in [2.24, 2.45) is 0 Å². The Morgan fingerprint density at radius 3 is 2.33 bits per heavy atom. The first-order valence-corrected chi connectivity index (χ1v) is 17.3. The molecule has 6 rings (SSSR count). The zero-order valence-corrected chi connectivity index (χ0v) is 29.9. The summed E-state index contributed by atoms with van der Waals surface area (Å²) in [7, 11) is 0. The highest BCUT2D eigenvalue weighted by atomic mass is 32.1. The SMILES string of the molecule is CC.CC(=O)c1ccccc1.CC(C)(C)OC(=O)N1CCN(CC2=CNC(c3cc4nccc(Oc5ccc(N)cc5F)c4s3)C=C2)CC1. The highest BCUT2D eigenvalue weighted by Crippen LogP contribution is 2.38. The van der Waals surface area contributed by atoms with Crippen LogP contribution in [0.4, 0.5) is 14.9 Å². The van der Waals surface area contributed by atoms with E-state index in [-0.39, 0.29) is 23.7 Å². The lowest BCUT2D eigenvalue weighted by molar-refractivity contribution is 0.0152. The molecule has 9 nitrogen and oxygen atoms in total. The van der Waals surface area contributed by atoms with Crippen LogP contribution in [0.2, 0.25) is 0 Å². The lowest BCUT2D eigenvalue weighted by Gasteiger charge is -2.36. The van der Waals surface area contributed by atoms with Gasteiger partial charge in [0.1, 0.15) is 11.4 Å². The minimum absolute atomic E-state index is 0.00285. The summed E-state index contributed by atoms with van der Waals surface area (Å²) in [6.45, 7) is 14.9. The molecular weight excluding hydrogens is 642 g/mol. The fraction of sp³-hybridized carbons (Fsp3) is 0.342. The first-order valence-electron chi connectivity index (χ1n) is 16.5. The Bertz CT molecular complexity index is 1780. The maximum Gasteiger partial charge on any atom is 0.410 e. The van der Waals surface area contributed by atoms with Crippen molar-refractivity contribution >= 4 is 39.1 Å². The monoisotopic (exact) mass is 687 g/mol. The number of pyridine rings is 1. The first kappa shape index (κ1) is 37.1. The van der Waals surface area contributed by atoms with Gasteiger partial charge in [-0.3, -0.25) is 14.7 Å². The molecule has 3 N–H and O–H groups in total. The lowest BCUT2D eigenvalue weighted by atomic mass is 10.1. The standard InChI is InChI=1S/C28H32FN5O3S.C8H8O.C2H6/c1-28(2,3)37-27(35)34-12-10-33(11-13-34)17-18-4-6-21(32-16-18)25-15-22-26(38-25)24(8-9-31-22)36-23-7-5-19(30)14-20(23)29;1-7(9)8-5-3-2-4-6-8;1-2/h4-9,14-16,21,32H,10-13,17,30H2,1-3H3;2-6H,1H3;1-2H3. The molecule has 2 aliphatic heterocycles. The van der Waals surface area contributed by atoms with Crippen molar-refractivity contribution in [1.82, 2.24) is 20.1 Å². The summed E-state index contributed by atoms with van der Waals surface area (Å²) in [4.78, 5) is 32.6.